The highest BCUT2D eigenvalue weighted by Crippen LogP contribution is 2.37. The van der Waals surface area contributed by atoms with Gasteiger partial charge in [-0.15, -0.1) is 11.3 Å². The van der Waals surface area contributed by atoms with Crippen LogP contribution in [0, 0.1) is 17.8 Å². The summed E-state index contributed by atoms with van der Waals surface area (Å²) >= 11 is 7.81. The van der Waals surface area contributed by atoms with E-state index in [2.05, 4.69) is 32.2 Å². The molecule has 0 aromatic carbocycles. The van der Waals surface area contributed by atoms with E-state index in [0.717, 1.165) is 28.6 Å². The van der Waals surface area contributed by atoms with Crippen LogP contribution in [0.15, 0.2) is 12.1 Å². The first-order valence-corrected chi connectivity index (χ1v) is 8.77. The first kappa shape index (κ1) is 15.3. The zero-order valence-electron chi connectivity index (χ0n) is 12.3. The van der Waals surface area contributed by atoms with Crippen molar-refractivity contribution >= 4 is 22.9 Å². The Hall–Kier alpha value is -0.0500. The zero-order chi connectivity index (χ0) is 13.8. The molecule has 1 nitrogen and oxygen atoms in total. The smallest absolute Gasteiger partial charge is 0.0931 e. The van der Waals surface area contributed by atoms with E-state index >= 15 is 0 Å². The molecule has 19 heavy (non-hydrogen) atoms. The van der Waals surface area contributed by atoms with Gasteiger partial charge in [-0.2, -0.15) is 0 Å². The summed E-state index contributed by atoms with van der Waals surface area (Å²) in [5.74, 6) is 2.49. The summed E-state index contributed by atoms with van der Waals surface area (Å²) < 4.78 is 0.922. The van der Waals surface area contributed by atoms with Crippen LogP contribution in [0.5, 0.6) is 0 Å². The molecule has 1 aliphatic carbocycles. The molecule has 1 saturated carbocycles. The largest absolute Gasteiger partial charge is 0.314 e. The second kappa shape index (κ2) is 7.10. The van der Waals surface area contributed by atoms with E-state index in [9.17, 15) is 0 Å². The van der Waals surface area contributed by atoms with Crippen LogP contribution in [0.1, 0.15) is 44.9 Å². The molecule has 3 atom stereocenters. The summed E-state index contributed by atoms with van der Waals surface area (Å²) in [7, 11) is 0. The van der Waals surface area contributed by atoms with E-state index in [-0.39, 0.29) is 0 Å². The molecule has 1 aromatic rings. The van der Waals surface area contributed by atoms with Crippen molar-refractivity contribution in [3.05, 3.63) is 21.3 Å². The van der Waals surface area contributed by atoms with Gasteiger partial charge in [0.1, 0.15) is 0 Å². The summed E-state index contributed by atoms with van der Waals surface area (Å²) in [6, 6.07) is 4.93. The lowest BCUT2D eigenvalue weighted by molar-refractivity contribution is 0.169. The lowest BCUT2D eigenvalue weighted by atomic mass is 9.72. The molecular formula is C16H26ClNS. The highest BCUT2D eigenvalue weighted by molar-refractivity contribution is 7.16. The number of hydrogen-bond donors (Lipinski definition) is 1. The van der Waals surface area contributed by atoms with Crippen LogP contribution in [0.2, 0.25) is 4.34 Å². The average molecular weight is 300 g/mol. The fraction of sp³-hybridized carbons (Fsp3) is 0.750. The average Bonchev–Trinajstić information content (AvgIpc) is 2.77. The fourth-order valence-corrected chi connectivity index (χ4v) is 4.56. The summed E-state index contributed by atoms with van der Waals surface area (Å²) in [6.45, 7) is 8.04. The van der Waals surface area contributed by atoms with Gasteiger partial charge < -0.3 is 5.32 Å². The molecule has 0 amide bonds. The normalized spacial score (nSPS) is 27.9. The quantitative estimate of drug-likeness (QED) is 0.807. The first-order valence-electron chi connectivity index (χ1n) is 7.57. The minimum absolute atomic E-state index is 0.695. The van der Waals surface area contributed by atoms with Gasteiger partial charge in [0.05, 0.1) is 4.34 Å². The Morgan fingerprint density at radius 1 is 1.37 bits per heavy atom. The molecule has 1 aromatic heterocycles. The summed E-state index contributed by atoms with van der Waals surface area (Å²) in [5, 5.41) is 3.69. The van der Waals surface area contributed by atoms with Crippen molar-refractivity contribution in [3.63, 3.8) is 0 Å². The zero-order valence-corrected chi connectivity index (χ0v) is 13.9. The predicted molar refractivity (Wildman–Crippen MR) is 86.2 cm³/mol. The molecule has 3 heteroatoms. The van der Waals surface area contributed by atoms with Gasteiger partial charge in [-0.05, 0) is 62.1 Å². The van der Waals surface area contributed by atoms with Crippen LogP contribution in [0.3, 0.4) is 0 Å². The van der Waals surface area contributed by atoms with Crippen molar-refractivity contribution in [2.75, 3.05) is 6.54 Å². The Labute approximate surface area is 126 Å². The molecule has 1 heterocycles. The van der Waals surface area contributed by atoms with E-state index in [1.54, 1.807) is 11.3 Å². The maximum atomic E-state index is 6.06. The molecule has 0 saturated heterocycles. The van der Waals surface area contributed by atoms with Crippen LogP contribution in [0.4, 0.5) is 0 Å². The van der Waals surface area contributed by atoms with Gasteiger partial charge in [0, 0.05) is 10.9 Å². The minimum Gasteiger partial charge on any atom is -0.314 e. The fourth-order valence-electron chi connectivity index (χ4n) is 3.38. The highest BCUT2D eigenvalue weighted by atomic mass is 35.5. The van der Waals surface area contributed by atoms with Gasteiger partial charge in [0.25, 0.3) is 0 Å². The van der Waals surface area contributed by atoms with Gasteiger partial charge in [-0.1, -0.05) is 32.4 Å². The number of halogens is 1. The number of nitrogens with one attached hydrogen (secondary N) is 1. The van der Waals surface area contributed by atoms with E-state index in [4.69, 9.17) is 11.6 Å². The molecule has 0 spiro atoms. The molecule has 0 bridgehead atoms. The van der Waals surface area contributed by atoms with Crippen molar-refractivity contribution in [2.45, 2.75) is 52.5 Å². The lowest BCUT2D eigenvalue weighted by Crippen LogP contribution is -2.42. The third-order valence-electron chi connectivity index (χ3n) is 4.52. The number of rotatable bonds is 5. The van der Waals surface area contributed by atoms with Gasteiger partial charge in [0.2, 0.25) is 0 Å². The Bertz CT molecular complexity index is 388. The molecule has 0 aliphatic heterocycles. The molecule has 1 fully saturated rings. The molecule has 0 radical (unpaired) electrons. The molecule has 1 aliphatic rings. The van der Waals surface area contributed by atoms with Crippen LogP contribution < -0.4 is 5.32 Å². The third-order valence-corrected chi connectivity index (χ3v) is 5.78. The van der Waals surface area contributed by atoms with Gasteiger partial charge in [0.15, 0.2) is 0 Å². The maximum absolute atomic E-state index is 6.06. The Balaban J connectivity index is 2.02. The Morgan fingerprint density at radius 2 is 2.16 bits per heavy atom. The predicted octanol–water partition coefficient (Wildman–Crippen LogP) is 4.99. The van der Waals surface area contributed by atoms with Crippen LogP contribution in [-0.4, -0.2) is 12.6 Å². The van der Waals surface area contributed by atoms with Crippen LogP contribution >= 0.6 is 22.9 Å². The summed E-state index contributed by atoms with van der Waals surface area (Å²) in [4.78, 5) is 1.45. The molecular weight excluding hydrogens is 274 g/mol. The highest BCUT2D eigenvalue weighted by Gasteiger charge is 2.31. The molecule has 3 unspecified atom stereocenters. The minimum atomic E-state index is 0.695. The van der Waals surface area contributed by atoms with Crippen molar-refractivity contribution in [3.8, 4) is 0 Å². The second-order valence-electron chi connectivity index (χ2n) is 6.15. The SMILES string of the molecule is CCNC1CCC(C(C)C)CC1Cc1ccc(Cl)s1. The third kappa shape index (κ3) is 4.21. The monoisotopic (exact) mass is 299 g/mol. The van der Waals surface area contributed by atoms with E-state index in [0.29, 0.717) is 6.04 Å². The van der Waals surface area contributed by atoms with E-state index in [1.165, 1.54) is 30.6 Å². The Morgan fingerprint density at radius 3 is 2.74 bits per heavy atom. The van der Waals surface area contributed by atoms with Gasteiger partial charge >= 0.3 is 0 Å². The summed E-state index contributed by atoms with van der Waals surface area (Å²) in [5.41, 5.74) is 0. The topological polar surface area (TPSA) is 12.0 Å². The second-order valence-corrected chi connectivity index (χ2v) is 7.95. The molecule has 1 N–H and O–H groups in total. The van der Waals surface area contributed by atoms with Crippen molar-refractivity contribution < 1.29 is 0 Å². The van der Waals surface area contributed by atoms with Crippen LogP contribution in [0.25, 0.3) is 0 Å². The van der Waals surface area contributed by atoms with Crippen molar-refractivity contribution in [1.29, 1.82) is 0 Å². The van der Waals surface area contributed by atoms with Crippen LogP contribution in [-0.2, 0) is 6.42 Å². The van der Waals surface area contributed by atoms with E-state index < -0.39 is 0 Å². The number of hydrogen-bond acceptors (Lipinski definition) is 2. The van der Waals surface area contributed by atoms with Gasteiger partial charge in [-0.25, -0.2) is 0 Å². The maximum Gasteiger partial charge on any atom is 0.0931 e. The van der Waals surface area contributed by atoms with E-state index in [1.807, 2.05) is 6.07 Å². The molecule has 108 valence electrons. The van der Waals surface area contributed by atoms with Gasteiger partial charge in [-0.3, -0.25) is 0 Å². The summed E-state index contributed by atoms with van der Waals surface area (Å²) in [6.07, 6.45) is 5.28. The Kier molecular flexibility index (Phi) is 5.73. The standard InChI is InChI=1S/C16H26ClNS/c1-4-18-15-7-5-12(11(2)3)9-13(15)10-14-6-8-16(17)19-14/h6,8,11-13,15,18H,4-5,7,9-10H2,1-3H3. The van der Waals surface area contributed by atoms with Crippen molar-refractivity contribution in [1.82, 2.24) is 5.32 Å². The number of thiophene rings is 1. The molecule has 2 rings (SSSR count). The lowest BCUT2D eigenvalue weighted by Gasteiger charge is -2.38. The first-order chi connectivity index (χ1) is 9.10. The van der Waals surface area contributed by atoms with Crippen molar-refractivity contribution in [2.24, 2.45) is 17.8 Å².